The summed E-state index contributed by atoms with van der Waals surface area (Å²) in [4.78, 5) is 0. The minimum absolute atomic E-state index is 0.123. The third-order valence-corrected chi connectivity index (χ3v) is 10.1. The van der Waals surface area contributed by atoms with Crippen LogP contribution in [0.2, 0.25) is 0 Å². The van der Waals surface area contributed by atoms with Crippen LogP contribution in [0, 0.1) is 59.3 Å². The molecule has 1 heterocycles. The van der Waals surface area contributed by atoms with E-state index in [1.165, 1.54) is 81.9 Å². The lowest BCUT2D eigenvalue weighted by Gasteiger charge is -2.49. The van der Waals surface area contributed by atoms with E-state index in [2.05, 4.69) is 115 Å². The van der Waals surface area contributed by atoms with Crippen molar-refractivity contribution >= 4 is 23.1 Å². The second-order valence-corrected chi connectivity index (χ2v) is 14.1. The molecule has 2 bridgehead atoms. The number of benzene rings is 3. The zero-order valence-corrected chi connectivity index (χ0v) is 26.4. The van der Waals surface area contributed by atoms with Crippen LogP contribution in [0.15, 0.2) is 54.7 Å². The van der Waals surface area contributed by atoms with Crippen LogP contribution < -0.4 is 16.4 Å². The van der Waals surface area contributed by atoms with E-state index >= 15 is 0 Å². The van der Waals surface area contributed by atoms with E-state index in [-0.39, 0.29) is 12.3 Å². The first kappa shape index (κ1) is 28.0. The largest absolute Gasteiger partial charge is 0.246 e. The molecular formula is C37H46BN3. The van der Waals surface area contributed by atoms with Crippen molar-refractivity contribution < 1.29 is 0 Å². The molecule has 3 aromatic carbocycles. The molecule has 41 heavy (non-hydrogen) atoms. The van der Waals surface area contributed by atoms with Crippen molar-refractivity contribution in [1.29, 1.82) is 0 Å². The zero-order chi connectivity index (χ0) is 29.1. The van der Waals surface area contributed by atoms with Crippen LogP contribution in [-0.4, -0.2) is 21.7 Å². The first-order valence-electron chi connectivity index (χ1n) is 15.7. The van der Waals surface area contributed by atoms with Crippen molar-refractivity contribution in [2.24, 2.45) is 17.8 Å². The Morgan fingerprint density at radius 3 is 1.80 bits per heavy atom. The summed E-state index contributed by atoms with van der Waals surface area (Å²) in [5.74, 6) is 2.32. The van der Waals surface area contributed by atoms with Gasteiger partial charge in [-0.1, -0.05) is 117 Å². The van der Waals surface area contributed by atoms with Crippen molar-refractivity contribution in [3.63, 3.8) is 0 Å². The Balaban J connectivity index is 1.45. The highest BCUT2D eigenvalue weighted by Crippen LogP contribution is 2.51. The molecule has 6 rings (SSSR count). The molecule has 2 saturated carbocycles. The summed E-state index contributed by atoms with van der Waals surface area (Å²) in [5, 5.41) is 9.64. The van der Waals surface area contributed by atoms with Gasteiger partial charge in [0.1, 0.15) is 5.69 Å². The topological polar surface area (TPSA) is 30.7 Å². The van der Waals surface area contributed by atoms with Crippen molar-refractivity contribution in [3.8, 4) is 11.3 Å². The monoisotopic (exact) mass is 543 g/mol. The van der Waals surface area contributed by atoms with Gasteiger partial charge in [0.15, 0.2) is 0 Å². The lowest BCUT2D eigenvalue weighted by atomic mass is 9.34. The average molecular weight is 544 g/mol. The Kier molecular flexibility index (Phi) is 7.24. The lowest BCUT2D eigenvalue weighted by Crippen LogP contribution is -2.55. The molecule has 0 amide bonds. The van der Waals surface area contributed by atoms with Crippen LogP contribution >= 0.6 is 0 Å². The summed E-state index contributed by atoms with van der Waals surface area (Å²) >= 11 is 0. The summed E-state index contributed by atoms with van der Waals surface area (Å²) in [5.41, 5.74) is 14.5. The molecule has 0 N–H and O–H groups in total. The van der Waals surface area contributed by atoms with Gasteiger partial charge in [-0.3, -0.25) is 0 Å². The van der Waals surface area contributed by atoms with Crippen molar-refractivity contribution in [1.82, 2.24) is 15.0 Å². The minimum Gasteiger partial charge on any atom is -0.246 e. The second-order valence-electron chi connectivity index (χ2n) is 14.1. The van der Waals surface area contributed by atoms with Crippen LogP contribution in [0.4, 0.5) is 0 Å². The third-order valence-electron chi connectivity index (χ3n) is 10.1. The second kappa shape index (κ2) is 10.6. The maximum Gasteiger partial charge on any atom is 0.242 e. The molecule has 1 aromatic heterocycles. The number of hydrogen-bond acceptors (Lipinski definition) is 2. The molecule has 0 spiro atoms. The average Bonchev–Trinajstić information content (AvgIpc) is 3.37. The highest BCUT2D eigenvalue weighted by molar-refractivity contribution is 6.96. The number of nitrogens with zero attached hydrogens (tertiary/aromatic N) is 3. The molecule has 2 aliphatic carbocycles. The van der Waals surface area contributed by atoms with Gasteiger partial charge in [0.2, 0.25) is 6.71 Å². The summed E-state index contributed by atoms with van der Waals surface area (Å²) in [6.45, 7) is 18.5. The Morgan fingerprint density at radius 2 is 1.27 bits per heavy atom. The van der Waals surface area contributed by atoms with Crippen molar-refractivity contribution in [2.45, 2.75) is 93.0 Å². The number of fused-ring (bicyclic) bond motifs is 2. The highest BCUT2D eigenvalue weighted by atomic mass is 15.4. The number of hydrogen-bond donors (Lipinski definition) is 0. The molecule has 212 valence electrons. The lowest BCUT2D eigenvalue weighted by molar-refractivity contribution is 0.0174. The molecule has 4 heteroatoms. The van der Waals surface area contributed by atoms with E-state index < -0.39 is 0 Å². The molecule has 2 unspecified atom stereocenters. The maximum absolute atomic E-state index is 4.83. The fourth-order valence-electron chi connectivity index (χ4n) is 9.21. The van der Waals surface area contributed by atoms with Crippen LogP contribution in [0.25, 0.3) is 11.3 Å². The number of rotatable bonds is 5. The third kappa shape index (κ3) is 5.20. The van der Waals surface area contributed by atoms with Crippen LogP contribution in [0.5, 0.6) is 0 Å². The van der Waals surface area contributed by atoms with Gasteiger partial charge in [-0.2, -0.15) is 0 Å². The Morgan fingerprint density at radius 1 is 0.732 bits per heavy atom. The van der Waals surface area contributed by atoms with E-state index in [1.807, 2.05) is 0 Å². The highest BCUT2D eigenvalue weighted by Gasteiger charge is 2.46. The van der Waals surface area contributed by atoms with E-state index in [1.54, 1.807) is 0 Å². The molecule has 0 aliphatic heterocycles. The van der Waals surface area contributed by atoms with Gasteiger partial charge >= 0.3 is 0 Å². The standard InChI is InChI=1S/C37H46BN3/c1-23-12-27(5)35(28(6)13-23)38(36-29(7)14-24(2)15-30(36)8)33-11-9-10-32(18-33)34-22-41(40-39-34)37-19-25(3)16-31(21-37)17-26(4)20-37/h9-15,18,22,25-26,31H,16-17,19-21H2,1-8H3. The summed E-state index contributed by atoms with van der Waals surface area (Å²) < 4.78 is 2.27. The van der Waals surface area contributed by atoms with Gasteiger partial charge in [0.05, 0.1) is 11.7 Å². The first-order valence-corrected chi connectivity index (χ1v) is 15.7. The predicted molar refractivity (Wildman–Crippen MR) is 174 cm³/mol. The fraction of sp³-hybridized carbons (Fsp3) is 0.459. The van der Waals surface area contributed by atoms with E-state index in [4.69, 9.17) is 10.3 Å². The normalized spacial score (nSPS) is 24.0. The molecule has 0 saturated heterocycles. The maximum atomic E-state index is 4.83. The molecule has 0 radical (unpaired) electrons. The van der Waals surface area contributed by atoms with E-state index in [0.717, 1.165) is 29.0 Å². The van der Waals surface area contributed by atoms with Crippen LogP contribution in [-0.2, 0) is 5.54 Å². The van der Waals surface area contributed by atoms with Crippen LogP contribution in [0.3, 0.4) is 0 Å². The smallest absolute Gasteiger partial charge is 0.242 e. The fourth-order valence-corrected chi connectivity index (χ4v) is 9.21. The first-order chi connectivity index (χ1) is 19.5. The quantitative estimate of drug-likeness (QED) is 0.257. The molecule has 4 aromatic rings. The zero-order valence-electron chi connectivity index (χ0n) is 26.4. The van der Waals surface area contributed by atoms with Crippen molar-refractivity contribution in [3.05, 3.63) is 88.1 Å². The molecular weight excluding hydrogens is 497 g/mol. The molecule has 2 fully saturated rings. The SMILES string of the molecule is Cc1cc(C)c(B(c2cccc(-c3cn(C45CC(C)CC(CC(C)C4)C5)nn3)c2)c2c(C)cc(C)cc2C)c(C)c1. The molecule has 2 aliphatic rings. The van der Waals surface area contributed by atoms with Gasteiger partial charge in [0, 0.05) is 5.56 Å². The Hall–Kier alpha value is -3.14. The molecule has 2 atom stereocenters. The van der Waals surface area contributed by atoms with E-state index in [0.29, 0.717) is 0 Å². The van der Waals surface area contributed by atoms with Gasteiger partial charge in [-0.05, 0) is 91.4 Å². The van der Waals surface area contributed by atoms with E-state index in [9.17, 15) is 0 Å². The Bertz CT molecular complexity index is 1470. The minimum atomic E-state index is 0.123. The predicted octanol–water partition coefficient (Wildman–Crippen LogP) is 6.87. The Labute approximate surface area is 247 Å². The molecule has 3 nitrogen and oxygen atoms in total. The van der Waals surface area contributed by atoms with Gasteiger partial charge < -0.3 is 0 Å². The number of aryl methyl sites for hydroxylation is 6. The summed E-state index contributed by atoms with van der Waals surface area (Å²) in [7, 11) is 0. The van der Waals surface area contributed by atoms with Gasteiger partial charge in [-0.25, -0.2) is 4.68 Å². The number of aromatic nitrogens is 3. The summed E-state index contributed by atoms with van der Waals surface area (Å²) in [6, 6.07) is 18.5. The van der Waals surface area contributed by atoms with Crippen molar-refractivity contribution in [2.75, 3.05) is 0 Å². The van der Waals surface area contributed by atoms with Gasteiger partial charge in [-0.15, -0.1) is 5.10 Å². The van der Waals surface area contributed by atoms with Gasteiger partial charge in [0.25, 0.3) is 0 Å². The van der Waals surface area contributed by atoms with Crippen LogP contribution in [0.1, 0.15) is 79.3 Å². The summed E-state index contributed by atoms with van der Waals surface area (Å²) in [6.07, 6.45) is 8.68.